The second-order valence-corrected chi connectivity index (χ2v) is 5.72. The van der Waals surface area contributed by atoms with E-state index in [2.05, 4.69) is 30.0 Å². The van der Waals surface area contributed by atoms with Crippen LogP contribution in [-0.2, 0) is 16.0 Å². The average Bonchev–Trinajstić information content (AvgIpc) is 2.50. The lowest BCUT2D eigenvalue weighted by Crippen LogP contribution is -2.34. The molecule has 0 amide bonds. The van der Waals surface area contributed by atoms with Crippen molar-refractivity contribution in [2.45, 2.75) is 45.6 Å². The Balaban J connectivity index is 2.03. The Bertz CT molecular complexity index is 482. The molecule has 1 aliphatic rings. The summed E-state index contributed by atoms with van der Waals surface area (Å²) in [5, 5.41) is 0. The lowest BCUT2D eigenvalue weighted by molar-refractivity contribution is -0.144. The number of ether oxygens (including phenoxy) is 1. The summed E-state index contributed by atoms with van der Waals surface area (Å²) < 4.78 is 4.96. The number of nitrogens with two attached hydrogens (primary N) is 1. The number of anilines is 1. The molecule has 1 atom stereocenters. The van der Waals surface area contributed by atoms with Crippen molar-refractivity contribution in [3.63, 3.8) is 0 Å². The number of aryl methyl sites for hydroxylation is 1. The van der Waals surface area contributed by atoms with E-state index in [1.165, 1.54) is 30.5 Å². The first-order valence-corrected chi connectivity index (χ1v) is 7.88. The SMILES string of the molecule is CCOC(=O)C(N)Cc1ccc(N2CCCCC2)cc1C. The number of nitrogens with zero attached hydrogens (tertiary/aromatic N) is 1. The van der Waals surface area contributed by atoms with Crippen molar-refractivity contribution >= 4 is 11.7 Å². The highest BCUT2D eigenvalue weighted by Crippen LogP contribution is 2.23. The van der Waals surface area contributed by atoms with Crippen LogP contribution in [0.3, 0.4) is 0 Å². The first-order chi connectivity index (χ1) is 10.1. The molecule has 21 heavy (non-hydrogen) atoms. The molecule has 1 aliphatic heterocycles. The van der Waals surface area contributed by atoms with Crippen LogP contribution in [-0.4, -0.2) is 31.7 Å². The van der Waals surface area contributed by atoms with Crippen LogP contribution in [0, 0.1) is 6.92 Å². The second-order valence-electron chi connectivity index (χ2n) is 5.72. The Morgan fingerprint density at radius 2 is 2.05 bits per heavy atom. The normalized spacial score (nSPS) is 16.6. The van der Waals surface area contributed by atoms with Crippen LogP contribution >= 0.6 is 0 Å². The van der Waals surface area contributed by atoms with Gasteiger partial charge >= 0.3 is 5.97 Å². The number of esters is 1. The van der Waals surface area contributed by atoms with Crippen molar-refractivity contribution in [2.24, 2.45) is 5.73 Å². The summed E-state index contributed by atoms with van der Waals surface area (Å²) in [5.74, 6) is -0.322. The van der Waals surface area contributed by atoms with E-state index in [0.29, 0.717) is 13.0 Å². The van der Waals surface area contributed by atoms with Crippen LogP contribution in [0.2, 0.25) is 0 Å². The lowest BCUT2D eigenvalue weighted by Gasteiger charge is -2.29. The number of rotatable bonds is 5. The van der Waals surface area contributed by atoms with E-state index in [4.69, 9.17) is 10.5 Å². The quantitative estimate of drug-likeness (QED) is 0.846. The Labute approximate surface area is 127 Å². The van der Waals surface area contributed by atoms with Crippen molar-refractivity contribution in [3.8, 4) is 0 Å². The predicted octanol–water partition coefficient (Wildman–Crippen LogP) is 2.42. The molecule has 0 aromatic heterocycles. The number of piperidine rings is 1. The maximum Gasteiger partial charge on any atom is 0.323 e. The zero-order chi connectivity index (χ0) is 15.2. The number of hydrogen-bond donors (Lipinski definition) is 1. The third-order valence-corrected chi connectivity index (χ3v) is 4.08. The molecule has 1 unspecified atom stereocenters. The highest BCUT2D eigenvalue weighted by atomic mass is 16.5. The van der Waals surface area contributed by atoms with Crippen LogP contribution in [0.5, 0.6) is 0 Å². The maximum absolute atomic E-state index is 11.6. The van der Waals surface area contributed by atoms with Gasteiger partial charge < -0.3 is 15.4 Å². The molecule has 1 fully saturated rings. The monoisotopic (exact) mass is 290 g/mol. The van der Waals surface area contributed by atoms with Crippen LogP contribution in [0.25, 0.3) is 0 Å². The van der Waals surface area contributed by atoms with E-state index in [1.807, 2.05) is 0 Å². The third kappa shape index (κ3) is 4.21. The van der Waals surface area contributed by atoms with Gasteiger partial charge in [0.25, 0.3) is 0 Å². The van der Waals surface area contributed by atoms with Crippen LogP contribution in [0.4, 0.5) is 5.69 Å². The topological polar surface area (TPSA) is 55.6 Å². The highest BCUT2D eigenvalue weighted by molar-refractivity contribution is 5.76. The summed E-state index contributed by atoms with van der Waals surface area (Å²) >= 11 is 0. The highest BCUT2D eigenvalue weighted by Gasteiger charge is 2.17. The minimum atomic E-state index is -0.579. The van der Waals surface area contributed by atoms with E-state index in [-0.39, 0.29) is 5.97 Å². The third-order valence-electron chi connectivity index (χ3n) is 4.08. The minimum absolute atomic E-state index is 0.322. The molecule has 4 heteroatoms. The summed E-state index contributed by atoms with van der Waals surface area (Å²) in [6.07, 6.45) is 4.41. The fourth-order valence-electron chi connectivity index (χ4n) is 2.83. The van der Waals surface area contributed by atoms with Gasteiger partial charge in [0, 0.05) is 18.8 Å². The lowest BCUT2D eigenvalue weighted by atomic mass is 10.00. The fourth-order valence-corrected chi connectivity index (χ4v) is 2.83. The van der Waals surface area contributed by atoms with Crippen molar-refractivity contribution in [1.29, 1.82) is 0 Å². The van der Waals surface area contributed by atoms with Gasteiger partial charge in [-0.3, -0.25) is 4.79 Å². The standard InChI is InChI=1S/C17H26N2O2/c1-3-21-17(20)16(18)12-14-7-8-15(11-13(14)2)19-9-5-4-6-10-19/h7-8,11,16H,3-6,9-10,12,18H2,1-2H3. The predicted molar refractivity (Wildman–Crippen MR) is 85.6 cm³/mol. The molecule has 1 heterocycles. The van der Waals surface area contributed by atoms with Crippen LogP contribution in [0.1, 0.15) is 37.3 Å². The summed E-state index contributed by atoms with van der Waals surface area (Å²) in [6.45, 7) is 6.53. The van der Waals surface area contributed by atoms with Gasteiger partial charge in [-0.2, -0.15) is 0 Å². The van der Waals surface area contributed by atoms with Crippen molar-refractivity contribution in [1.82, 2.24) is 0 Å². The molecule has 0 saturated carbocycles. The maximum atomic E-state index is 11.6. The zero-order valence-corrected chi connectivity index (χ0v) is 13.1. The van der Waals surface area contributed by atoms with Crippen molar-refractivity contribution in [3.05, 3.63) is 29.3 Å². The molecule has 1 aromatic carbocycles. The molecule has 1 saturated heterocycles. The summed E-state index contributed by atoms with van der Waals surface area (Å²) in [7, 11) is 0. The number of benzene rings is 1. The number of carbonyl (C=O) groups is 1. The summed E-state index contributed by atoms with van der Waals surface area (Å²) in [5.41, 5.74) is 9.49. The van der Waals surface area contributed by atoms with Gasteiger partial charge in [-0.15, -0.1) is 0 Å². The Morgan fingerprint density at radius 3 is 2.67 bits per heavy atom. The fraction of sp³-hybridized carbons (Fsp3) is 0.588. The summed E-state index contributed by atoms with van der Waals surface area (Å²) in [6, 6.07) is 5.87. The first-order valence-electron chi connectivity index (χ1n) is 7.88. The Kier molecular flexibility index (Phi) is 5.62. The van der Waals surface area contributed by atoms with Gasteiger partial charge in [0.1, 0.15) is 6.04 Å². The van der Waals surface area contributed by atoms with Gasteiger partial charge in [0.2, 0.25) is 0 Å². The molecule has 2 N–H and O–H groups in total. The van der Waals surface area contributed by atoms with Gasteiger partial charge in [-0.05, 0) is 62.8 Å². The number of hydrogen-bond acceptors (Lipinski definition) is 4. The molecular weight excluding hydrogens is 264 g/mol. The smallest absolute Gasteiger partial charge is 0.323 e. The van der Waals surface area contributed by atoms with Gasteiger partial charge in [-0.1, -0.05) is 6.07 Å². The first kappa shape index (κ1) is 15.8. The molecule has 2 rings (SSSR count). The van der Waals surface area contributed by atoms with Gasteiger partial charge in [0.15, 0.2) is 0 Å². The largest absolute Gasteiger partial charge is 0.465 e. The van der Waals surface area contributed by atoms with E-state index in [9.17, 15) is 4.79 Å². The zero-order valence-electron chi connectivity index (χ0n) is 13.1. The average molecular weight is 290 g/mol. The number of carbonyl (C=O) groups excluding carboxylic acids is 1. The molecule has 0 spiro atoms. The second kappa shape index (κ2) is 7.46. The van der Waals surface area contributed by atoms with Crippen LogP contribution < -0.4 is 10.6 Å². The van der Waals surface area contributed by atoms with Gasteiger partial charge in [0.05, 0.1) is 6.61 Å². The van der Waals surface area contributed by atoms with E-state index < -0.39 is 6.04 Å². The molecule has 0 aliphatic carbocycles. The van der Waals surface area contributed by atoms with Gasteiger partial charge in [-0.25, -0.2) is 0 Å². The minimum Gasteiger partial charge on any atom is -0.465 e. The molecule has 1 aromatic rings. The molecule has 0 bridgehead atoms. The van der Waals surface area contributed by atoms with Crippen molar-refractivity contribution < 1.29 is 9.53 Å². The van der Waals surface area contributed by atoms with E-state index >= 15 is 0 Å². The van der Waals surface area contributed by atoms with Crippen molar-refractivity contribution in [2.75, 3.05) is 24.6 Å². The summed E-state index contributed by atoms with van der Waals surface area (Å²) in [4.78, 5) is 14.1. The van der Waals surface area contributed by atoms with Crippen LogP contribution in [0.15, 0.2) is 18.2 Å². The Hall–Kier alpha value is -1.55. The molecule has 116 valence electrons. The Morgan fingerprint density at radius 1 is 1.33 bits per heavy atom. The molecule has 0 radical (unpaired) electrons. The van der Waals surface area contributed by atoms with E-state index in [0.717, 1.165) is 18.7 Å². The molecular formula is C17H26N2O2. The van der Waals surface area contributed by atoms with E-state index in [1.54, 1.807) is 6.92 Å². The molecule has 4 nitrogen and oxygen atoms in total.